The third-order valence-electron chi connectivity index (χ3n) is 5.95. The van der Waals surface area contributed by atoms with Gasteiger partial charge in [-0.15, -0.1) is 0 Å². The van der Waals surface area contributed by atoms with Gasteiger partial charge in [0.1, 0.15) is 11.3 Å². The number of fused-ring (bicyclic) bond motifs is 1. The van der Waals surface area contributed by atoms with E-state index in [1.165, 1.54) is 0 Å². The second kappa shape index (κ2) is 8.98. The van der Waals surface area contributed by atoms with Crippen molar-refractivity contribution in [2.45, 2.75) is 31.2 Å². The molecule has 0 radical (unpaired) electrons. The Morgan fingerprint density at radius 3 is 2.35 bits per heavy atom. The van der Waals surface area contributed by atoms with Crippen molar-refractivity contribution in [3.05, 3.63) is 54.2 Å². The number of methoxy groups -OCH3 is 3. The van der Waals surface area contributed by atoms with Gasteiger partial charge >= 0.3 is 0 Å². The maximum absolute atomic E-state index is 5.75. The predicted molar refractivity (Wildman–Crippen MR) is 127 cm³/mol. The van der Waals surface area contributed by atoms with Gasteiger partial charge < -0.3 is 24.8 Å². The van der Waals surface area contributed by atoms with Crippen molar-refractivity contribution < 1.29 is 14.2 Å². The van der Waals surface area contributed by atoms with Gasteiger partial charge in [0, 0.05) is 17.3 Å². The molecule has 0 spiro atoms. The standard InChI is InChI=1S/C24H27N3O3S/c1-28-19-10-8-16(15-21(19)30-3)24(12-4-5-13-24)27-23(31)26-18-9-11-20(29-2)22-17(18)7-6-14-25-22/h6-11,14-15H,4-5,12-13H2,1-3H3,(H2,26,27,31). The molecule has 1 aliphatic rings. The van der Waals surface area contributed by atoms with Crippen LogP contribution in [0, 0.1) is 0 Å². The molecule has 1 heterocycles. The molecule has 1 saturated carbocycles. The summed E-state index contributed by atoms with van der Waals surface area (Å²) in [4.78, 5) is 4.47. The van der Waals surface area contributed by atoms with Gasteiger partial charge in [0.2, 0.25) is 0 Å². The van der Waals surface area contributed by atoms with E-state index in [9.17, 15) is 0 Å². The highest BCUT2D eigenvalue weighted by Crippen LogP contribution is 2.42. The lowest BCUT2D eigenvalue weighted by molar-refractivity contribution is 0.350. The number of nitrogens with zero attached hydrogens (tertiary/aromatic N) is 1. The summed E-state index contributed by atoms with van der Waals surface area (Å²) < 4.78 is 16.4. The minimum Gasteiger partial charge on any atom is -0.494 e. The van der Waals surface area contributed by atoms with E-state index in [0.717, 1.165) is 65.1 Å². The first-order valence-corrected chi connectivity index (χ1v) is 10.7. The summed E-state index contributed by atoms with van der Waals surface area (Å²) in [7, 11) is 4.95. The number of aromatic nitrogens is 1. The highest BCUT2D eigenvalue weighted by Gasteiger charge is 2.37. The minimum absolute atomic E-state index is 0.246. The van der Waals surface area contributed by atoms with Gasteiger partial charge in [-0.1, -0.05) is 18.9 Å². The van der Waals surface area contributed by atoms with Crippen LogP contribution in [0.15, 0.2) is 48.7 Å². The van der Waals surface area contributed by atoms with Crippen molar-refractivity contribution in [3.8, 4) is 17.2 Å². The van der Waals surface area contributed by atoms with E-state index in [0.29, 0.717) is 5.11 Å². The van der Waals surface area contributed by atoms with E-state index >= 15 is 0 Å². The Balaban J connectivity index is 1.62. The van der Waals surface area contributed by atoms with Crippen LogP contribution in [0.2, 0.25) is 0 Å². The van der Waals surface area contributed by atoms with Crippen LogP contribution in [0.5, 0.6) is 17.2 Å². The van der Waals surface area contributed by atoms with E-state index in [2.05, 4.69) is 21.7 Å². The summed E-state index contributed by atoms with van der Waals surface area (Å²) in [5, 5.41) is 8.52. The van der Waals surface area contributed by atoms with E-state index in [1.807, 2.05) is 36.4 Å². The van der Waals surface area contributed by atoms with Crippen LogP contribution < -0.4 is 24.8 Å². The molecule has 0 bridgehead atoms. The van der Waals surface area contributed by atoms with Crippen LogP contribution in [0.25, 0.3) is 10.9 Å². The topological polar surface area (TPSA) is 64.6 Å². The Bertz CT molecular complexity index is 1100. The molecule has 2 N–H and O–H groups in total. The number of thiocarbonyl (C=S) groups is 1. The Kier molecular flexibility index (Phi) is 6.13. The lowest BCUT2D eigenvalue weighted by Crippen LogP contribution is -2.45. The Hall–Kier alpha value is -3.06. The quantitative estimate of drug-likeness (QED) is 0.525. The Morgan fingerprint density at radius 2 is 1.65 bits per heavy atom. The zero-order valence-corrected chi connectivity index (χ0v) is 18.8. The number of hydrogen-bond acceptors (Lipinski definition) is 5. The monoisotopic (exact) mass is 437 g/mol. The highest BCUT2D eigenvalue weighted by atomic mass is 32.1. The lowest BCUT2D eigenvalue weighted by atomic mass is 9.88. The summed E-state index contributed by atoms with van der Waals surface area (Å²) in [6, 6.07) is 13.9. The SMILES string of the molecule is COc1ccc(C2(NC(=S)Nc3ccc(OC)c4ncccc34)CCCC2)cc1OC. The summed E-state index contributed by atoms with van der Waals surface area (Å²) >= 11 is 5.75. The molecule has 0 aliphatic heterocycles. The number of anilines is 1. The molecule has 0 atom stereocenters. The number of pyridine rings is 1. The van der Waals surface area contributed by atoms with Crippen molar-refractivity contribution in [1.82, 2.24) is 10.3 Å². The molecule has 3 aromatic rings. The minimum atomic E-state index is -0.246. The maximum Gasteiger partial charge on any atom is 0.171 e. The maximum atomic E-state index is 5.75. The average molecular weight is 438 g/mol. The summed E-state index contributed by atoms with van der Waals surface area (Å²) in [5.74, 6) is 2.18. The third-order valence-corrected chi connectivity index (χ3v) is 6.15. The number of ether oxygens (including phenoxy) is 3. The smallest absolute Gasteiger partial charge is 0.171 e. The predicted octanol–water partition coefficient (Wildman–Crippen LogP) is 5.02. The van der Waals surface area contributed by atoms with Crippen molar-refractivity contribution in [2.24, 2.45) is 0 Å². The second-order valence-electron chi connectivity index (χ2n) is 7.65. The first-order valence-electron chi connectivity index (χ1n) is 10.3. The van der Waals surface area contributed by atoms with Crippen LogP contribution in [-0.2, 0) is 5.54 Å². The number of benzene rings is 2. The van der Waals surface area contributed by atoms with Crippen LogP contribution in [0.3, 0.4) is 0 Å². The van der Waals surface area contributed by atoms with Crippen LogP contribution in [0.4, 0.5) is 5.69 Å². The van der Waals surface area contributed by atoms with Gasteiger partial charge in [-0.3, -0.25) is 4.98 Å². The number of hydrogen-bond donors (Lipinski definition) is 2. The number of nitrogens with one attached hydrogen (secondary N) is 2. The summed E-state index contributed by atoms with van der Waals surface area (Å²) in [5.41, 5.74) is 2.59. The van der Waals surface area contributed by atoms with Crippen LogP contribution >= 0.6 is 12.2 Å². The second-order valence-corrected chi connectivity index (χ2v) is 8.06. The van der Waals surface area contributed by atoms with Gasteiger partial charge in [0.15, 0.2) is 16.6 Å². The van der Waals surface area contributed by atoms with E-state index in [-0.39, 0.29) is 5.54 Å². The molecule has 31 heavy (non-hydrogen) atoms. The van der Waals surface area contributed by atoms with Crippen LogP contribution in [-0.4, -0.2) is 31.4 Å². The van der Waals surface area contributed by atoms with Crippen molar-refractivity contribution >= 4 is 33.9 Å². The summed E-state index contributed by atoms with van der Waals surface area (Å²) in [6.45, 7) is 0. The highest BCUT2D eigenvalue weighted by molar-refractivity contribution is 7.80. The average Bonchev–Trinajstić information content (AvgIpc) is 3.28. The van der Waals surface area contributed by atoms with Gasteiger partial charge in [-0.25, -0.2) is 0 Å². The molecule has 1 fully saturated rings. The van der Waals surface area contributed by atoms with Gasteiger partial charge in [-0.2, -0.15) is 0 Å². The molecular formula is C24H27N3O3S. The molecule has 1 aliphatic carbocycles. The molecule has 1 aromatic heterocycles. The van der Waals surface area contributed by atoms with E-state index in [1.54, 1.807) is 27.5 Å². The molecule has 162 valence electrons. The summed E-state index contributed by atoms with van der Waals surface area (Å²) in [6.07, 6.45) is 6.03. The molecule has 0 unspecified atom stereocenters. The van der Waals surface area contributed by atoms with Crippen LogP contribution in [0.1, 0.15) is 31.2 Å². The Labute approximate surface area is 187 Å². The molecule has 6 nitrogen and oxygen atoms in total. The van der Waals surface area contributed by atoms with Gasteiger partial charge in [0.05, 0.1) is 26.9 Å². The first kappa shape index (κ1) is 21.2. The fraction of sp³-hybridized carbons (Fsp3) is 0.333. The molecule has 2 aromatic carbocycles. The van der Waals surface area contributed by atoms with E-state index < -0.39 is 0 Å². The molecule has 0 saturated heterocycles. The zero-order chi connectivity index (χ0) is 21.8. The first-order chi connectivity index (χ1) is 15.1. The van der Waals surface area contributed by atoms with Gasteiger partial charge in [0.25, 0.3) is 0 Å². The largest absolute Gasteiger partial charge is 0.494 e. The third kappa shape index (κ3) is 4.10. The fourth-order valence-electron chi connectivity index (χ4n) is 4.39. The zero-order valence-electron chi connectivity index (χ0n) is 18.0. The van der Waals surface area contributed by atoms with Crippen molar-refractivity contribution in [1.29, 1.82) is 0 Å². The van der Waals surface area contributed by atoms with Crippen molar-refractivity contribution in [2.75, 3.05) is 26.6 Å². The fourth-order valence-corrected chi connectivity index (χ4v) is 4.69. The molecule has 0 amide bonds. The van der Waals surface area contributed by atoms with E-state index in [4.69, 9.17) is 26.4 Å². The molecular weight excluding hydrogens is 410 g/mol. The van der Waals surface area contributed by atoms with Gasteiger partial charge in [-0.05, 0) is 67.0 Å². The number of rotatable bonds is 6. The normalized spacial score (nSPS) is 14.8. The Morgan fingerprint density at radius 1 is 0.935 bits per heavy atom. The lowest BCUT2D eigenvalue weighted by Gasteiger charge is -2.33. The van der Waals surface area contributed by atoms with Crippen molar-refractivity contribution in [3.63, 3.8) is 0 Å². The molecule has 4 rings (SSSR count). The molecule has 7 heteroatoms.